The van der Waals surface area contributed by atoms with Gasteiger partial charge in [-0.05, 0) is 36.6 Å². The fourth-order valence-electron chi connectivity index (χ4n) is 3.10. The number of thiophene rings is 1. The van der Waals surface area contributed by atoms with Crippen molar-refractivity contribution < 1.29 is 22.8 Å². The number of hydrogen-bond acceptors (Lipinski definition) is 4. The van der Waals surface area contributed by atoms with Crippen LogP contribution >= 0.6 is 22.9 Å². The molecule has 2 heterocycles. The van der Waals surface area contributed by atoms with E-state index in [-0.39, 0.29) is 11.6 Å². The molecule has 2 aromatic rings. The molecule has 10 heteroatoms. The summed E-state index contributed by atoms with van der Waals surface area (Å²) in [5, 5.41) is 3.94. The lowest BCUT2D eigenvalue weighted by Gasteiger charge is -2.37. The van der Waals surface area contributed by atoms with Crippen molar-refractivity contribution in [2.24, 2.45) is 0 Å². The lowest BCUT2D eigenvalue weighted by Crippen LogP contribution is -2.53. The molecule has 1 atom stereocenters. The molecule has 156 valence electrons. The van der Waals surface area contributed by atoms with Crippen molar-refractivity contribution >= 4 is 40.4 Å². The smallest absolute Gasteiger partial charge is 0.335 e. The Morgan fingerprint density at radius 2 is 1.86 bits per heavy atom. The van der Waals surface area contributed by atoms with E-state index in [1.807, 2.05) is 16.3 Å². The van der Waals surface area contributed by atoms with Crippen LogP contribution in [0, 0.1) is 0 Å². The van der Waals surface area contributed by atoms with Gasteiger partial charge in [-0.1, -0.05) is 17.7 Å². The quantitative estimate of drug-likeness (QED) is 0.767. The molecule has 5 nitrogen and oxygen atoms in total. The first kappa shape index (κ1) is 21.6. The minimum atomic E-state index is -4.60. The maximum absolute atomic E-state index is 13.0. The lowest BCUT2D eigenvalue weighted by atomic mass is 10.1. The van der Waals surface area contributed by atoms with Crippen molar-refractivity contribution in [3.05, 3.63) is 51.2 Å². The van der Waals surface area contributed by atoms with Gasteiger partial charge in [-0.3, -0.25) is 14.5 Å². The highest BCUT2D eigenvalue weighted by Gasteiger charge is 2.34. The molecule has 1 aliphatic rings. The van der Waals surface area contributed by atoms with Gasteiger partial charge in [0.15, 0.2) is 0 Å². The van der Waals surface area contributed by atoms with Crippen LogP contribution in [0.3, 0.4) is 0 Å². The molecule has 0 saturated carbocycles. The van der Waals surface area contributed by atoms with Gasteiger partial charge < -0.3 is 10.2 Å². The highest BCUT2D eigenvalue weighted by atomic mass is 35.5. The van der Waals surface area contributed by atoms with Crippen LogP contribution < -0.4 is 5.32 Å². The first-order valence-corrected chi connectivity index (χ1v) is 10.2. The molecule has 1 saturated heterocycles. The van der Waals surface area contributed by atoms with Crippen molar-refractivity contribution in [1.29, 1.82) is 0 Å². The molecule has 0 unspecified atom stereocenters. The predicted molar refractivity (Wildman–Crippen MR) is 106 cm³/mol. The first-order chi connectivity index (χ1) is 13.7. The maximum Gasteiger partial charge on any atom is 0.417 e. The van der Waals surface area contributed by atoms with Gasteiger partial charge in [0.05, 0.1) is 21.5 Å². The summed E-state index contributed by atoms with van der Waals surface area (Å²) in [5.74, 6) is -0.448. The Bertz CT molecular complexity index is 881. The summed E-state index contributed by atoms with van der Waals surface area (Å²) in [5.41, 5.74) is -0.963. The molecule has 0 bridgehead atoms. The molecule has 0 spiro atoms. The van der Waals surface area contributed by atoms with Gasteiger partial charge in [0.2, 0.25) is 5.91 Å². The van der Waals surface area contributed by atoms with E-state index >= 15 is 0 Å². The van der Waals surface area contributed by atoms with Crippen LogP contribution in [0.1, 0.15) is 22.2 Å². The highest BCUT2D eigenvalue weighted by Crippen LogP contribution is 2.36. The Hall–Kier alpha value is -2.10. The summed E-state index contributed by atoms with van der Waals surface area (Å²) in [6.45, 7) is 3.65. The molecule has 0 radical (unpaired) electrons. The number of carbonyl (C=O) groups is 2. The monoisotopic (exact) mass is 445 g/mol. The zero-order valence-electron chi connectivity index (χ0n) is 15.5. The van der Waals surface area contributed by atoms with Crippen LogP contribution in [0.2, 0.25) is 5.02 Å². The molecule has 1 fully saturated rings. The van der Waals surface area contributed by atoms with Gasteiger partial charge in [-0.2, -0.15) is 13.2 Å². The van der Waals surface area contributed by atoms with Gasteiger partial charge in [0, 0.05) is 31.9 Å². The first-order valence-electron chi connectivity index (χ1n) is 8.91. The van der Waals surface area contributed by atoms with Gasteiger partial charge in [0.25, 0.3) is 5.91 Å². The summed E-state index contributed by atoms with van der Waals surface area (Å²) < 4.78 is 38.9. The largest absolute Gasteiger partial charge is 0.417 e. The van der Waals surface area contributed by atoms with E-state index < -0.39 is 28.7 Å². The molecule has 0 aliphatic carbocycles. The molecule has 2 amide bonds. The van der Waals surface area contributed by atoms with Crippen molar-refractivity contribution in [2.75, 3.05) is 31.5 Å². The molecule has 1 aliphatic heterocycles. The van der Waals surface area contributed by atoms with E-state index in [9.17, 15) is 22.8 Å². The number of carbonyl (C=O) groups excluding carboxylic acids is 2. The SMILES string of the molecule is C[C@H](C(=O)Nc1ccc(Cl)c(C(F)(F)F)c1)N1CCN(C(=O)c2cccs2)CC1. The molecular weight excluding hydrogens is 427 g/mol. The summed E-state index contributed by atoms with van der Waals surface area (Å²) in [7, 11) is 0. The third-order valence-corrected chi connectivity index (χ3v) is 5.99. The second-order valence-electron chi connectivity index (χ2n) is 6.66. The van der Waals surface area contributed by atoms with E-state index in [1.54, 1.807) is 17.9 Å². The third kappa shape index (κ3) is 5.09. The Balaban J connectivity index is 1.58. The molecule has 1 aromatic heterocycles. The number of benzene rings is 1. The van der Waals surface area contributed by atoms with E-state index in [0.717, 1.165) is 12.1 Å². The predicted octanol–water partition coefficient (Wildman–Crippen LogP) is 4.21. The van der Waals surface area contributed by atoms with Gasteiger partial charge in [-0.15, -0.1) is 11.3 Å². The van der Waals surface area contributed by atoms with Gasteiger partial charge in [-0.25, -0.2) is 0 Å². The van der Waals surface area contributed by atoms with E-state index in [2.05, 4.69) is 5.32 Å². The average Bonchev–Trinajstić information content (AvgIpc) is 3.22. The number of rotatable bonds is 4. The van der Waals surface area contributed by atoms with Gasteiger partial charge >= 0.3 is 6.18 Å². The van der Waals surface area contributed by atoms with Crippen LogP contribution in [-0.2, 0) is 11.0 Å². The van der Waals surface area contributed by atoms with Crippen LogP contribution in [0.25, 0.3) is 0 Å². The summed E-state index contributed by atoms with van der Waals surface area (Å²) in [6, 6.07) is 6.31. The fourth-order valence-corrected chi connectivity index (χ4v) is 4.02. The van der Waals surface area contributed by atoms with Crippen LogP contribution in [0.4, 0.5) is 18.9 Å². The number of hydrogen-bond donors (Lipinski definition) is 1. The van der Waals surface area contributed by atoms with Crippen molar-refractivity contribution in [2.45, 2.75) is 19.1 Å². The number of amides is 2. The minimum absolute atomic E-state index is 0.0300. The van der Waals surface area contributed by atoms with Crippen LogP contribution in [0.5, 0.6) is 0 Å². The number of nitrogens with one attached hydrogen (secondary N) is 1. The maximum atomic E-state index is 13.0. The second kappa shape index (κ2) is 8.73. The van der Waals surface area contributed by atoms with Crippen molar-refractivity contribution in [1.82, 2.24) is 9.80 Å². The zero-order valence-corrected chi connectivity index (χ0v) is 17.1. The van der Waals surface area contributed by atoms with Crippen LogP contribution in [0.15, 0.2) is 35.7 Å². The number of anilines is 1. The summed E-state index contributed by atoms with van der Waals surface area (Å²) in [4.78, 5) is 29.2. The number of alkyl halides is 3. The second-order valence-corrected chi connectivity index (χ2v) is 8.02. The van der Waals surface area contributed by atoms with Crippen LogP contribution in [-0.4, -0.2) is 53.8 Å². The zero-order chi connectivity index (χ0) is 21.2. The topological polar surface area (TPSA) is 52.7 Å². The number of piperazine rings is 1. The molecule has 29 heavy (non-hydrogen) atoms. The molecule has 3 rings (SSSR count). The summed E-state index contributed by atoms with van der Waals surface area (Å²) in [6.07, 6.45) is -4.60. The van der Waals surface area contributed by atoms with E-state index in [0.29, 0.717) is 31.1 Å². The van der Waals surface area contributed by atoms with Crippen molar-refractivity contribution in [3.8, 4) is 0 Å². The summed E-state index contributed by atoms with van der Waals surface area (Å²) >= 11 is 6.99. The average molecular weight is 446 g/mol. The van der Waals surface area contributed by atoms with E-state index in [1.165, 1.54) is 17.4 Å². The highest BCUT2D eigenvalue weighted by molar-refractivity contribution is 7.12. The van der Waals surface area contributed by atoms with E-state index in [4.69, 9.17) is 11.6 Å². The van der Waals surface area contributed by atoms with Gasteiger partial charge in [0.1, 0.15) is 0 Å². The standard InChI is InChI=1S/C19H19ClF3N3O2S/c1-12(17(27)24-13-4-5-15(20)14(11-13)19(21,22)23)25-6-8-26(9-7-25)18(28)16-3-2-10-29-16/h2-5,10-12H,6-9H2,1H3,(H,24,27)/t12-/m1/s1. The molecule has 1 aromatic carbocycles. The molecule has 1 N–H and O–H groups in total. The minimum Gasteiger partial charge on any atom is -0.335 e. The normalized spacial score (nSPS) is 16.5. The van der Waals surface area contributed by atoms with Crippen molar-refractivity contribution in [3.63, 3.8) is 0 Å². The Morgan fingerprint density at radius 1 is 1.17 bits per heavy atom. The third-order valence-electron chi connectivity index (χ3n) is 4.80. The Labute approximate surface area is 175 Å². The Morgan fingerprint density at radius 3 is 2.45 bits per heavy atom. The Kier molecular flexibility index (Phi) is 6.50. The molecular formula is C19H19ClF3N3O2S. The number of nitrogens with zero attached hydrogens (tertiary/aromatic N) is 2. The lowest BCUT2D eigenvalue weighted by molar-refractivity contribution is -0.137. The fraction of sp³-hybridized carbons (Fsp3) is 0.368. The number of halogens is 4.